The van der Waals surface area contributed by atoms with Crippen molar-refractivity contribution in [2.24, 2.45) is 13.0 Å². The smallest absolute Gasteiger partial charge is 0.342 e. The van der Waals surface area contributed by atoms with Gasteiger partial charge in [0.1, 0.15) is 22.6 Å². The molecule has 3 heterocycles. The summed E-state index contributed by atoms with van der Waals surface area (Å²) >= 11 is 0. The zero-order valence-corrected chi connectivity index (χ0v) is 23.8. The molecule has 0 saturated heterocycles. The number of urea groups is 1. The number of aryl methyl sites for hydroxylation is 2. The van der Waals surface area contributed by atoms with Crippen LogP contribution in [0.3, 0.4) is 0 Å². The number of furan rings is 1. The summed E-state index contributed by atoms with van der Waals surface area (Å²) in [5.74, 6) is -2.71. The second kappa shape index (κ2) is 13.7. The fraction of sp³-hybridized carbons (Fsp3) is 0.500. The first-order chi connectivity index (χ1) is 19.5. The van der Waals surface area contributed by atoms with Crippen molar-refractivity contribution < 1.29 is 38.2 Å². The third kappa shape index (κ3) is 7.36. The number of carbonyl (C=O) groups excluding carboxylic acids is 4. The SMILES string of the molecule is COC(=O)c1c(CC[C@@H](CO)NC(=O)N[C@H](Cn2cc(-c3cncn3C)nn2)C(C)C)oc(C(C)=O)c1C(=O)OC. The van der Waals surface area contributed by atoms with Crippen LogP contribution in [0, 0.1) is 5.92 Å². The number of amides is 2. The Morgan fingerprint density at radius 3 is 2.34 bits per heavy atom. The van der Waals surface area contributed by atoms with E-state index < -0.39 is 36.4 Å². The number of Topliss-reactive ketones (excluding diaryl/α,β-unsaturated/α-hetero) is 1. The Kier molecular flexibility index (Phi) is 10.4. The van der Waals surface area contributed by atoms with Gasteiger partial charge in [0.05, 0.1) is 63.9 Å². The Bertz CT molecular complexity index is 1390. The molecule has 0 aliphatic carbocycles. The second-order valence-electron chi connectivity index (χ2n) is 9.75. The molecule has 0 bridgehead atoms. The number of rotatable bonds is 13. The number of ether oxygens (including phenoxy) is 2. The second-order valence-corrected chi connectivity index (χ2v) is 9.75. The van der Waals surface area contributed by atoms with Gasteiger partial charge in [0.2, 0.25) is 0 Å². The van der Waals surface area contributed by atoms with E-state index in [2.05, 4.69) is 25.9 Å². The van der Waals surface area contributed by atoms with Crippen LogP contribution in [0.5, 0.6) is 0 Å². The highest BCUT2D eigenvalue weighted by Crippen LogP contribution is 2.27. The molecule has 15 nitrogen and oxygen atoms in total. The van der Waals surface area contributed by atoms with Crippen molar-refractivity contribution in [3.8, 4) is 11.4 Å². The van der Waals surface area contributed by atoms with Crippen LogP contribution in [0.2, 0.25) is 0 Å². The average molecular weight is 574 g/mol. The summed E-state index contributed by atoms with van der Waals surface area (Å²) in [6.45, 7) is 5.00. The minimum Gasteiger partial charge on any atom is -0.465 e. The summed E-state index contributed by atoms with van der Waals surface area (Å²) < 4.78 is 18.5. The van der Waals surface area contributed by atoms with Gasteiger partial charge in [-0.25, -0.2) is 24.0 Å². The number of aliphatic hydroxyl groups is 1. The van der Waals surface area contributed by atoms with Crippen molar-refractivity contribution in [1.29, 1.82) is 0 Å². The van der Waals surface area contributed by atoms with E-state index in [0.717, 1.165) is 19.9 Å². The van der Waals surface area contributed by atoms with E-state index >= 15 is 0 Å². The largest absolute Gasteiger partial charge is 0.465 e. The quantitative estimate of drug-likeness (QED) is 0.197. The van der Waals surface area contributed by atoms with Crippen LogP contribution in [0.1, 0.15) is 64.2 Å². The third-order valence-electron chi connectivity index (χ3n) is 6.48. The van der Waals surface area contributed by atoms with Crippen LogP contribution in [0.15, 0.2) is 23.1 Å². The topological polar surface area (TPSA) is 193 Å². The van der Waals surface area contributed by atoms with Crippen molar-refractivity contribution in [2.75, 3.05) is 20.8 Å². The molecule has 0 fully saturated rings. The Hall–Kier alpha value is -4.53. The maximum atomic E-state index is 12.9. The highest BCUT2D eigenvalue weighted by atomic mass is 16.5. The number of imidazole rings is 1. The van der Waals surface area contributed by atoms with Crippen molar-refractivity contribution in [1.82, 2.24) is 35.2 Å². The number of hydrogen-bond donors (Lipinski definition) is 3. The molecule has 0 aliphatic rings. The zero-order valence-electron chi connectivity index (χ0n) is 23.8. The van der Waals surface area contributed by atoms with E-state index in [0.29, 0.717) is 12.2 Å². The summed E-state index contributed by atoms with van der Waals surface area (Å²) in [7, 11) is 4.08. The number of aliphatic hydroxyl groups excluding tert-OH is 1. The van der Waals surface area contributed by atoms with Crippen molar-refractivity contribution >= 4 is 23.8 Å². The first kappa shape index (κ1) is 31.0. The third-order valence-corrected chi connectivity index (χ3v) is 6.48. The van der Waals surface area contributed by atoms with E-state index in [1.54, 1.807) is 23.4 Å². The molecule has 3 rings (SSSR count). The molecule has 3 aromatic heterocycles. The standard InChI is InChI=1S/C26H35N7O8/c1-14(2)17(10-33-11-18(30-31-33)19-9-27-13-32(19)4)29-26(38)28-16(12-34)7-8-20-21(24(36)39-5)22(25(37)40-6)23(41-20)15(3)35/h9,11,13-14,16-17,34H,7-8,10,12H2,1-6H3,(H2,28,29,38)/t16-,17+/m0/s1. The van der Waals surface area contributed by atoms with Crippen LogP contribution in [0.4, 0.5) is 4.79 Å². The molecule has 0 unspecified atom stereocenters. The van der Waals surface area contributed by atoms with Gasteiger partial charge in [-0.2, -0.15) is 0 Å². The normalized spacial score (nSPS) is 12.6. The maximum Gasteiger partial charge on any atom is 0.342 e. The molecule has 222 valence electrons. The Balaban J connectivity index is 1.68. The van der Waals surface area contributed by atoms with Gasteiger partial charge < -0.3 is 34.2 Å². The number of ketones is 1. The molecule has 0 saturated carbocycles. The van der Waals surface area contributed by atoms with Gasteiger partial charge in [-0.05, 0) is 12.3 Å². The lowest BCUT2D eigenvalue weighted by Crippen LogP contribution is -2.50. The molecule has 0 aromatic carbocycles. The highest BCUT2D eigenvalue weighted by Gasteiger charge is 2.33. The molecule has 3 N–H and O–H groups in total. The molecule has 0 aliphatic heterocycles. The van der Waals surface area contributed by atoms with Gasteiger partial charge in [-0.15, -0.1) is 5.10 Å². The molecular weight excluding hydrogens is 538 g/mol. The number of methoxy groups -OCH3 is 2. The van der Waals surface area contributed by atoms with Crippen LogP contribution >= 0.6 is 0 Å². The minimum absolute atomic E-state index is 0.00132. The van der Waals surface area contributed by atoms with Gasteiger partial charge in [0, 0.05) is 20.4 Å². The van der Waals surface area contributed by atoms with E-state index in [1.807, 2.05) is 25.5 Å². The lowest BCUT2D eigenvalue weighted by atomic mass is 10.0. The van der Waals surface area contributed by atoms with Crippen molar-refractivity contribution in [2.45, 2.75) is 52.2 Å². The summed E-state index contributed by atoms with van der Waals surface area (Å²) in [5, 5.41) is 23.9. The van der Waals surface area contributed by atoms with Crippen LogP contribution in [-0.2, 0) is 29.5 Å². The number of nitrogens with one attached hydrogen (secondary N) is 2. The molecule has 2 amide bonds. The van der Waals surface area contributed by atoms with Gasteiger partial charge in [0.15, 0.2) is 11.5 Å². The average Bonchev–Trinajstić information content (AvgIpc) is 3.67. The fourth-order valence-electron chi connectivity index (χ4n) is 4.16. The van der Waals surface area contributed by atoms with Crippen LogP contribution < -0.4 is 10.6 Å². The van der Waals surface area contributed by atoms with Crippen molar-refractivity contribution in [3.05, 3.63) is 41.4 Å². The number of carbonyl (C=O) groups is 4. The monoisotopic (exact) mass is 573 g/mol. The zero-order chi connectivity index (χ0) is 30.3. The molecule has 0 radical (unpaired) electrons. The van der Waals surface area contributed by atoms with E-state index in [4.69, 9.17) is 13.9 Å². The molecule has 0 spiro atoms. The van der Waals surface area contributed by atoms with Gasteiger partial charge in [0.25, 0.3) is 0 Å². The van der Waals surface area contributed by atoms with Crippen LogP contribution in [0.25, 0.3) is 11.4 Å². The minimum atomic E-state index is -0.929. The summed E-state index contributed by atoms with van der Waals surface area (Å²) in [6, 6.07) is -1.60. The Morgan fingerprint density at radius 1 is 1.10 bits per heavy atom. The molecule has 41 heavy (non-hydrogen) atoms. The summed E-state index contributed by atoms with van der Waals surface area (Å²) in [4.78, 5) is 53.9. The molecule has 15 heteroatoms. The van der Waals surface area contributed by atoms with Crippen LogP contribution in [-0.4, -0.2) is 86.3 Å². The number of hydrogen-bond acceptors (Lipinski definition) is 11. The van der Waals surface area contributed by atoms with E-state index in [9.17, 15) is 24.3 Å². The lowest BCUT2D eigenvalue weighted by molar-refractivity contribution is 0.0554. The van der Waals surface area contributed by atoms with E-state index in [-0.39, 0.29) is 47.4 Å². The van der Waals surface area contributed by atoms with Gasteiger partial charge in [-0.3, -0.25) is 4.79 Å². The Morgan fingerprint density at radius 2 is 1.78 bits per heavy atom. The molecule has 2 atom stereocenters. The number of esters is 2. The summed E-state index contributed by atoms with van der Waals surface area (Å²) in [5.41, 5.74) is 0.885. The molecular formula is C26H35N7O8. The first-order valence-corrected chi connectivity index (χ1v) is 12.9. The Labute approximate surface area is 236 Å². The van der Waals surface area contributed by atoms with Gasteiger partial charge in [-0.1, -0.05) is 19.1 Å². The highest BCUT2D eigenvalue weighted by molar-refractivity contribution is 6.11. The van der Waals surface area contributed by atoms with Gasteiger partial charge >= 0.3 is 18.0 Å². The predicted octanol–water partition coefficient (Wildman–Crippen LogP) is 1.36. The number of nitrogens with zero attached hydrogens (tertiary/aromatic N) is 5. The van der Waals surface area contributed by atoms with E-state index in [1.165, 1.54) is 6.92 Å². The van der Waals surface area contributed by atoms with Crippen molar-refractivity contribution in [3.63, 3.8) is 0 Å². The molecule has 3 aromatic rings. The predicted molar refractivity (Wildman–Crippen MR) is 143 cm³/mol. The first-order valence-electron chi connectivity index (χ1n) is 12.9. The maximum absolute atomic E-state index is 12.9. The lowest BCUT2D eigenvalue weighted by Gasteiger charge is -2.24. The number of aromatic nitrogens is 5. The summed E-state index contributed by atoms with van der Waals surface area (Å²) in [6.07, 6.45) is 5.22. The fourth-order valence-corrected chi connectivity index (χ4v) is 4.16.